The van der Waals surface area contributed by atoms with Gasteiger partial charge in [-0.1, -0.05) is 74.5 Å². The Morgan fingerprint density at radius 3 is 1.42 bits per heavy atom. The molecule has 0 spiro atoms. The van der Waals surface area contributed by atoms with E-state index in [2.05, 4.69) is 111 Å². The molecule has 0 saturated carbocycles. The third-order valence-corrected chi connectivity index (χ3v) is 7.22. The average Bonchev–Trinajstić information content (AvgIpc) is 3.38. The number of para-hydroxylation sites is 2. The molecule has 5 nitrogen and oxygen atoms in total. The number of rotatable bonds is 4. The molecule has 0 amide bonds. The monoisotopic (exact) mass is 563 g/mol. The first-order valence-electron chi connectivity index (χ1n) is 14.6. The van der Waals surface area contributed by atoms with Gasteiger partial charge < -0.3 is 9.47 Å². The molecule has 4 heterocycles. The fraction of sp³-hybridized carbons (Fsp3) is 0.132. The highest BCUT2D eigenvalue weighted by molar-refractivity contribution is 6.07. The van der Waals surface area contributed by atoms with Crippen LogP contribution >= 0.6 is 0 Å². The Morgan fingerprint density at radius 1 is 0.512 bits per heavy atom. The summed E-state index contributed by atoms with van der Waals surface area (Å²) in [6.07, 6.45) is 3.58. The number of fused-ring (bicyclic) bond motifs is 3. The van der Waals surface area contributed by atoms with Gasteiger partial charge in [0, 0.05) is 61.0 Å². The predicted molar refractivity (Wildman–Crippen MR) is 182 cm³/mol. The van der Waals surface area contributed by atoms with E-state index < -0.39 is 0 Å². The van der Waals surface area contributed by atoms with E-state index in [1.54, 1.807) is 12.4 Å². The van der Waals surface area contributed by atoms with Crippen molar-refractivity contribution in [3.8, 4) is 33.9 Å². The van der Waals surface area contributed by atoms with Crippen LogP contribution in [-0.2, 0) is 7.05 Å². The maximum Gasteiger partial charge on any atom is 0.0900 e. The van der Waals surface area contributed by atoms with Crippen molar-refractivity contribution in [1.29, 1.82) is 0 Å². The summed E-state index contributed by atoms with van der Waals surface area (Å²) in [6.45, 7) is 4.00. The molecule has 0 atom stereocenters. The van der Waals surface area contributed by atoms with Crippen LogP contribution in [0, 0.1) is 0 Å². The minimum atomic E-state index is 0.838. The van der Waals surface area contributed by atoms with E-state index in [1.165, 1.54) is 27.5 Å². The van der Waals surface area contributed by atoms with E-state index in [0.29, 0.717) is 0 Å². The van der Waals surface area contributed by atoms with Gasteiger partial charge in [0.05, 0.1) is 22.8 Å². The van der Waals surface area contributed by atoms with Gasteiger partial charge in [-0.25, -0.2) is 4.98 Å². The molecule has 7 aromatic rings. The minimum absolute atomic E-state index is 0.838. The third-order valence-electron chi connectivity index (χ3n) is 7.22. The van der Waals surface area contributed by atoms with Crippen LogP contribution in [0.25, 0.3) is 55.7 Å². The molecule has 0 fully saturated rings. The molecule has 0 radical (unpaired) electrons. The summed E-state index contributed by atoms with van der Waals surface area (Å²) in [5.74, 6) is 0. The van der Waals surface area contributed by atoms with Gasteiger partial charge in [-0.2, -0.15) is 0 Å². The zero-order valence-electron chi connectivity index (χ0n) is 25.4. The highest BCUT2D eigenvalue weighted by atomic mass is 15.1. The summed E-state index contributed by atoms with van der Waals surface area (Å²) < 4.78 is 2.24. The summed E-state index contributed by atoms with van der Waals surface area (Å²) >= 11 is 0. The molecule has 0 bridgehead atoms. The van der Waals surface area contributed by atoms with Gasteiger partial charge in [-0.3, -0.25) is 9.97 Å². The maximum atomic E-state index is 4.81. The second kappa shape index (κ2) is 13.6. The van der Waals surface area contributed by atoms with Crippen molar-refractivity contribution in [2.75, 3.05) is 19.0 Å². The average molecular weight is 564 g/mol. The number of pyridine rings is 3. The van der Waals surface area contributed by atoms with Crippen LogP contribution in [0.1, 0.15) is 13.8 Å². The minimum Gasteiger partial charge on any atom is -0.378 e. The Morgan fingerprint density at radius 2 is 0.977 bits per heavy atom. The smallest absolute Gasteiger partial charge is 0.0900 e. The second-order valence-corrected chi connectivity index (χ2v) is 10.1. The zero-order chi connectivity index (χ0) is 30.2. The third kappa shape index (κ3) is 6.47. The Bertz CT molecular complexity index is 1800. The lowest BCUT2D eigenvalue weighted by Crippen LogP contribution is -2.07. The van der Waals surface area contributed by atoms with Crippen LogP contribution in [0.4, 0.5) is 5.69 Å². The maximum absolute atomic E-state index is 4.81. The van der Waals surface area contributed by atoms with Gasteiger partial charge in [0.2, 0.25) is 0 Å². The Balaban J connectivity index is 0.000000192. The van der Waals surface area contributed by atoms with Crippen LogP contribution in [-0.4, -0.2) is 33.6 Å². The quantitative estimate of drug-likeness (QED) is 0.214. The predicted octanol–water partition coefficient (Wildman–Crippen LogP) is 9.30. The van der Waals surface area contributed by atoms with Crippen molar-refractivity contribution in [1.82, 2.24) is 19.5 Å². The normalized spacial score (nSPS) is 10.4. The van der Waals surface area contributed by atoms with Gasteiger partial charge in [0.15, 0.2) is 0 Å². The van der Waals surface area contributed by atoms with E-state index in [0.717, 1.165) is 33.9 Å². The number of hydrogen-bond acceptors (Lipinski definition) is 4. The number of nitrogens with zero attached hydrogens (tertiary/aromatic N) is 5. The summed E-state index contributed by atoms with van der Waals surface area (Å²) in [5, 5.41) is 2.68. The second-order valence-electron chi connectivity index (χ2n) is 10.1. The molecular formula is C38H37N5. The molecule has 0 N–H and O–H groups in total. The summed E-state index contributed by atoms with van der Waals surface area (Å²) in [7, 11) is 6.20. The number of aryl methyl sites for hydroxylation is 1. The first kappa shape index (κ1) is 29.2. The first-order valence-corrected chi connectivity index (χ1v) is 14.6. The molecule has 0 saturated heterocycles. The molecule has 5 heteroatoms. The lowest BCUT2D eigenvalue weighted by Gasteiger charge is -2.13. The Labute approximate surface area is 254 Å². The lowest BCUT2D eigenvalue weighted by molar-refractivity contribution is 1.01. The topological polar surface area (TPSA) is 46.8 Å². The SMILES string of the molecule is CC.CN(C)c1ccc(-c2cc(-c3ccccn3)nc(-c3ccccn3)c2)cc1.Cn1c2ccccc2c2ccccc21. The van der Waals surface area contributed by atoms with Crippen LogP contribution in [0.5, 0.6) is 0 Å². The molecule has 214 valence electrons. The fourth-order valence-corrected chi connectivity index (χ4v) is 5.06. The van der Waals surface area contributed by atoms with E-state index in [9.17, 15) is 0 Å². The first-order chi connectivity index (χ1) is 21.1. The van der Waals surface area contributed by atoms with Crippen molar-refractivity contribution in [3.05, 3.63) is 134 Å². The van der Waals surface area contributed by atoms with Crippen molar-refractivity contribution in [2.45, 2.75) is 13.8 Å². The van der Waals surface area contributed by atoms with Gasteiger partial charge in [-0.15, -0.1) is 0 Å². The molecule has 0 aliphatic carbocycles. The zero-order valence-corrected chi connectivity index (χ0v) is 25.4. The van der Waals surface area contributed by atoms with Gasteiger partial charge in [0.25, 0.3) is 0 Å². The molecule has 0 unspecified atom stereocenters. The molecular weight excluding hydrogens is 526 g/mol. The van der Waals surface area contributed by atoms with Gasteiger partial charge in [-0.05, 0) is 71.8 Å². The van der Waals surface area contributed by atoms with Crippen molar-refractivity contribution in [3.63, 3.8) is 0 Å². The van der Waals surface area contributed by atoms with Gasteiger partial charge >= 0.3 is 0 Å². The Kier molecular flexibility index (Phi) is 9.23. The fourth-order valence-electron chi connectivity index (χ4n) is 5.06. The highest BCUT2D eigenvalue weighted by Gasteiger charge is 2.10. The molecule has 7 rings (SSSR count). The summed E-state index contributed by atoms with van der Waals surface area (Å²) in [6, 6.07) is 41.4. The van der Waals surface area contributed by atoms with E-state index in [4.69, 9.17) is 4.98 Å². The molecule has 3 aromatic carbocycles. The van der Waals surface area contributed by atoms with Crippen LogP contribution < -0.4 is 4.90 Å². The number of anilines is 1. The van der Waals surface area contributed by atoms with Crippen LogP contribution in [0.2, 0.25) is 0 Å². The summed E-state index contributed by atoms with van der Waals surface area (Å²) in [5.41, 5.74) is 9.37. The molecule has 0 aliphatic heterocycles. The standard InChI is InChI=1S/C23H20N4.C13H11N.C2H6/c1-27(2)19-11-9-17(10-12-19)18-15-22(20-7-3-5-13-24-20)26-23(16-18)21-8-4-6-14-25-21;1-14-12-8-4-2-6-10(12)11-7-3-5-9-13(11)14;1-2/h3-16H,1-2H3;2-9H,1H3;1-2H3. The number of benzene rings is 3. The largest absolute Gasteiger partial charge is 0.378 e. The number of aromatic nitrogens is 4. The van der Waals surface area contributed by atoms with E-state index in [1.807, 2.05) is 64.3 Å². The van der Waals surface area contributed by atoms with E-state index >= 15 is 0 Å². The van der Waals surface area contributed by atoms with Crippen molar-refractivity contribution in [2.24, 2.45) is 7.05 Å². The highest BCUT2D eigenvalue weighted by Crippen LogP contribution is 2.30. The Hall–Kier alpha value is -5.29. The van der Waals surface area contributed by atoms with Crippen molar-refractivity contribution < 1.29 is 0 Å². The van der Waals surface area contributed by atoms with Crippen LogP contribution in [0.15, 0.2) is 134 Å². The summed E-state index contributed by atoms with van der Waals surface area (Å²) in [4.78, 5) is 15.8. The molecule has 4 aromatic heterocycles. The van der Waals surface area contributed by atoms with E-state index in [-0.39, 0.29) is 0 Å². The van der Waals surface area contributed by atoms with Gasteiger partial charge in [0.1, 0.15) is 0 Å². The number of hydrogen-bond donors (Lipinski definition) is 0. The lowest BCUT2D eigenvalue weighted by atomic mass is 10.0. The van der Waals surface area contributed by atoms with Crippen LogP contribution in [0.3, 0.4) is 0 Å². The molecule has 43 heavy (non-hydrogen) atoms. The van der Waals surface area contributed by atoms with Crippen molar-refractivity contribution >= 4 is 27.5 Å². The molecule has 0 aliphatic rings.